The van der Waals surface area contributed by atoms with Gasteiger partial charge in [-0.25, -0.2) is 0 Å². The number of benzene rings is 1. The maximum absolute atomic E-state index is 12.0. The van der Waals surface area contributed by atoms with E-state index in [9.17, 15) is 4.79 Å². The second kappa shape index (κ2) is 5.98. The number of amides is 1. The molecule has 4 heteroatoms. The van der Waals surface area contributed by atoms with Crippen LogP contribution in [0.4, 0.5) is 5.69 Å². The fourth-order valence-electron chi connectivity index (χ4n) is 1.78. The second-order valence-electron chi connectivity index (χ2n) is 4.80. The zero-order valence-corrected chi connectivity index (χ0v) is 11.4. The molecule has 1 N–H and O–H groups in total. The lowest BCUT2D eigenvalue weighted by Crippen LogP contribution is -2.12. The van der Waals surface area contributed by atoms with Crippen molar-refractivity contribution in [3.63, 3.8) is 0 Å². The third kappa shape index (κ3) is 3.21. The number of carbonyl (C=O) groups is 1. The van der Waals surface area contributed by atoms with Crippen LogP contribution in [0.5, 0.6) is 0 Å². The molecule has 2 rings (SSSR count). The van der Waals surface area contributed by atoms with E-state index < -0.39 is 0 Å². The molecule has 1 aromatic heterocycles. The van der Waals surface area contributed by atoms with E-state index >= 15 is 0 Å². The van der Waals surface area contributed by atoms with Crippen molar-refractivity contribution in [3.8, 4) is 6.07 Å². The first kappa shape index (κ1) is 13.8. The number of pyridine rings is 1. The van der Waals surface area contributed by atoms with E-state index in [0.29, 0.717) is 17.0 Å². The lowest BCUT2D eigenvalue weighted by molar-refractivity contribution is 0.102. The van der Waals surface area contributed by atoms with Crippen LogP contribution in [0.3, 0.4) is 0 Å². The summed E-state index contributed by atoms with van der Waals surface area (Å²) in [6, 6.07) is 11.2. The third-order valence-electron chi connectivity index (χ3n) is 2.96. The minimum absolute atomic E-state index is 0.271. The summed E-state index contributed by atoms with van der Waals surface area (Å²) in [4.78, 5) is 15.9. The Hall–Kier alpha value is -2.67. The van der Waals surface area contributed by atoms with Gasteiger partial charge < -0.3 is 5.32 Å². The minimum atomic E-state index is -0.271. The average Bonchev–Trinajstić information content (AvgIpc) is 2.47. The molecule has 20 heavy (non-hydrogen) atoms. The van der Waals surface area contributed by atoms with Crippen LogP contribution in [0.1, 0.15) is 41.3 Å². The molecule has 1 aromatic carbocycles. The fraction of sp³-hybridized carbons (Fsp3) is 0.188. The van der Waals surface area contributed by atoms with Gasteiger partial charge in [-0.2, -0.15) is 5.26 Å². The van der Waals surface area contributed by atoms with Gasteiger partial charge in [0.05, 0.1) is 11.1 Å². The van der Waals surface area contributed by atoms with Gasteiger partial charge in [0, 0.05) is 18.1 Å². The number of anilines is 1. The zero-order valence-electron chi connectivity index (χ0n) is 11.4. The largest absolute Gasteiger partial charge is 0.322 e. The predicted molar refractivity (Wildman–Crippen MR) is 77.4 cm³/mol. The number of carbonyl (C=O) groups excluding carboxylic acids is 1. The topological polar surface area (TPSA) is 65.8 Å². The second-order valence-corrected chi connectivity index (χ2v) is 4.80. The molecular formula is C16H15N3O. The number of aromatic nitrogens is 1. The van der Waals surface area contributed by atoms with E-state index in [1.54, 1.807) is 0 Å². The number of nitrogens with zero attached hydrogens (tertiary/aromatic N) is 2. The quantitative estimate of drug-likeness (QED) is 0.925. The molecule has 0 spiro atoms. The summed E-state index contributed by atoms with van der Waals surface area (Å²) in [5.74, 6) is 0.183. The Morgan fingerprint density at radius 2 is 1.95 bits per heavy atom. The Morgan fingerprint density at radius 3 is 2.55 bits per heavy atom. The first-order valence-electron chi connectivity index (χ1n) is 6.36. The zero-order chi connectivity index (χ0) is 14.5. The maximum atomic E-state index is 12.0. The van der Waals surface area contributed by atoms with Crippen LogP contribution in [-0.4, -0.2) is 10.9 Å². The van der Waals surface area contributed by atoms with Crippen LogP contribution >= 0.6 is 0 Å². The summed E-state index contributed by atoms with van der Waals surface area (Å²) >= 11 is 0. The van der Waals surface area contributed by atoms with Crippen molar-refractivity contribution < 1.29 is 4.79 Å². The van der Waals surface area contributed by atoms with E-state index in [1.165, 1.54) is 24.0 Å². The smallest absolute Gasteiger partial charge is 0.257 e. The van der Waals surface area contributed by atoms with Crippen LogP contribution in [0, 0.1) is 11.3 Å². The Kier molecular flexibility index (Phi) is 4.11. The van der Waals surface area contributed by atoms with E-state index in [2.05, 4.69) is 24.1 Å². The van der Waals surface area contributed by atoms with Gasteiger partial charge >= 0.3 is 0 Å². The minimum Gasteiger partial charge on any atom is -0.322 e. The van der Waals surface area contributed by atoms with E-state index in [0.717, 1.165) is 5.69 Å². The van der Waals surface area contributed by atoms with Crippen molar-refractivity contribution in [2.75, 3.05) is 5.32 Å². The van der Waals surface area contributed by atoms with Crippen molar-refractivity contribution in [2.24, 2.45) is 0 Å². The summed E-state index contributed by atoms with van der Waals surface area (Å²) in [7, 11) is 0. The summed E-state index contributed by atoms with van der Waals surface area (Å²) in [5.41, 5.74) is 2.68. The molecule has 0 aliphatic carbocycles. The number of hydrogen-bond donors (Lipinski definition) is 1. The van der Waals surface area contributed by atoms with Crippen LogP contribution in [-0.2, 0) is 0 Å². The summed E-state index contributed by atoms with van der Waals surface area (Å²) < 4.78 is 0. The van der Waals surface area contributed by atoms with Gasteiger partial charge in [-0.3, -0.25) is 9.78 Å². The molecule has 0 fully saturated rings. The predicted octanol–water partition coefficient (Wildman–Crippen LogP) is 3.33. The molecule has 0 bridgehead atoms. The average molecular weight is 265 g/mol. The summed E-state index contributed by atoms with van der Waals surface area (Å²) in [6.45, 7) is 4.24. The van der Waals surface area contributed by atoms with Gasteiger partial charge in [-0.05, 0) is 29.7 Å². The molecule has 0 atom stereocenters. The molecule has 0 saturated heterocycles. The van der Waals surface area contributed by atoms with Gasteiger partial charge in [0.2, 0.25) is 0 Å². The molecular weight excluding hydrogens is 250 g/mol. The number of rotatable bonds is 3. The Balaban J connectivity index is 2.13. The fourth-order valence-corrected chi connectivity index (χ4v) is 1.78. The van der Waals surface area contributed by atoms with E-state index in [4.69, 9.17) is 5.26 Å². The Morgan fingerprint density at radius 1 is 1.25 bits per heavy atom. The molecule has 1 amide bonds. The number of nitriles is 1. The number of hydrogen-bond acceptors (Lipinski definition) is 3. The molecule has 100 valence electrons. The highest BCUT2D eigenvalue weighted by Crippen LogP contribution is 2.17. The maximum Gasteiger partial charge on any atom is 0.257 e. The third-order valence-corrected chi connectivity index (χ3v) is 2.96. The molecule has 2 aromatic rings. The lowest BCUT2D eigenvalue weighted by Gasteiger charge is -2.08. The molecule has 4 nitrogen and oxygen atoms in total. The molecule has 0 aliphatic rings. The van der Waals surface area contributed by atoms with E-state index in [1.807, 2.05) is 30.3 Å². The Bertz CT molecular complexity index is 654. The van der Waals surface area contributed by atoms with Gasteiger partial charge in [-0.15, -0.1) is 0 Å². The van der Waals surface area contributed by atoms with Crippen molar-refractivity contribution in [1.82, 2.24) is 4.98 Å². The highest BCUT2D eigenvalue weighted by molar-refractivity contribution is 6.04. The molecule has 0 unspecified atom stereocenters. The van der Waals surface area contributed by atoms with E-state index in [-0.39, 0.29) is 5.91 Å². The van der Waals surface area contributed by atoms with Crippen LogP contribution in [0.15, 0.2) is 42.7 Å². The van der Waals surface area contributed by atoms with Crippen LogP contribution < -0.4 is 5.32 Å². The normalized spacial score (nSPS) is 10.1. The van der Waals surface area contributed by atoms with Gasteiger partial charge in [0.25, 0.3) is 5.91 Å². The van der Waals surface area contributed by atoms with Gasteiger partial charge in [-0.1, -0.05) is 26.0 Å². The number of nitrogens with one attached hydrogen (secondary N) is 1. The van der Waals surface area contributed by atoms with Crippen molar-refractivity contribution in [1.29, 1.82) is 5.26 Å². The van der Waals surface area contributed by atoms with Crippen molar-refractivity contribution >= 4 is 11.6 Å². The first-order valence-corrected chi connectivity index (χ1v) is 6.36. The van der Waals surface area contributed by atoms with Crippen molar-refractivity contribution in [2.45, 2.75) is 19.8 Å². The van der Waals surface area contributed by atoms with Crippen LogP contribution in [0.2, 0.25) is 0 Å². The first-order chi connectivity index (χ1) is 9.60. The summed E-state index contributed by atoms with van der Waals surface area (Å²) in [5, 5.41) is 11.6. The summed E-state index contributed by atoms with van der Waals surface area (Å²) in [6.07, 6.45) is 2.87. The molecule has 1 heterocycles. The van der Waals surface area contributed by atoms with Crippen LogP contribution in [0.25, 0.3) is 0 Å². The van der Waals surface area contributed by atoms with Gasteiger partial charge in [0.1, 0.15) is 6.07 Å². The standard InChI is InChI=1S/C16H15N3O/c1-11(2)13-3-5-15(6-4-13)19-16(20)14-7-12(8-17)9-18-10-14/h3-7,9-11H,1-2H3,(H,19,20). The highest BCUT2D eigenvalue weighted by atomic mass is 16.1. The molecule has 0 radical (unpaired) electrons. The molecule has 0 saturated carbocycles. The highest BCUT2D eigenvalue weighted by Gasteiger charge is 2.08. The Labute approximate surface area is 118 Å². The SMILES string of the molecule is CC(C)c1ccc(NC(=O)c2cncc(C#N)c2)cc1. The molecule has 0 aliphatic heterocycles. The lowest BCUT2D eigenvalue weighted by atomic mass is 10.0. The van der Waals surface area contributed by atoms with Gasteiger partial charge in [0.15, 0.2) is 0 Å². The monoisotopic (exact) mass is 265 g/mol. The van der Waals surface area contributed by atoms with Crippen molar-refractivity contribution in [3.05, 3.63) is 59.4 Å².